The van der Waals surface area contributed by atoms with Gasteiger partial charge in [0.2, 0.25) is 0 Å². The van der Waals surface area contributed by atoms with Gasteiger partial charge in [0.05, 0.1) is 0 Å². The van der Waals surface area contributed by atoms with Gasteiger partial charge in [0.15, 0.2) is 0 Å². The molecule has 0 fully saturated rings. The summed E-state index contributed by atoms with van der Waals surface area (Å²) in [6.07, 6.45) is 1.21. The lowest BCUT2D eigenvalue weighted by Gasteiger charge is -2.30. The molecular formula is C18H19NS. The van der Waals surface area contributed by atoms with Gasteiger partial charge in [-0.3, -0.25) is 4.90 Å². The normalized spacial score (nSPS) is 21.5. The Balaban J connectivity index is 1.49. The first-order valence-corrected chi connectivity index (χ1v) is 8.39. The highest BCUT2D eigenvalue weighted by Gasteiger charge is 2.26. The summed E-state index contributed by atoms with van der Waals surface area (Å²) in [5.74, 6) is 1.96. The molecule has 0 bridgehead atoms. The predicted octanol–water partition coefficient (Wildman–Crippen LogP) is 3.93. The van der Waals surface area contributed by atoms with Gasteiger partial charge in [0, 0.05) is 36.2 Å². The summed E-state index contributed by atoms with van der Waals surface area (Å²) in [6, 6.07) is 17.8. The van der Waals surface area contributed by atoms with Gasteiger partial charge in [-0.2, -0.15) is 0 Å². The van der Waals surface area contributed by atoms with Gasteiger partial charge in [-0.25, -0.2) is 0 Å². The van der Waals surface area contributed by atoms with Gasteiger partial charge < -0.3 is 0 Å². The number of nitrogens with zero attached hydrogens (tertiary/aromatic N) is 1. The van der Waals surface area contributed by atoms with E-state index in [9.17, 15) is 0 Å². The standard InChI is InChI=1S/C18H19NS/c1-2-6-15-11-19(10-9-14(15)5-1)12-16-13-20-18-8-4-3-7-17(16)18/h1-8,16H,9-13H2. The maximum atomic E-state index is 2.63. The first kappa shape index (κ1) is 12.5. The van der Waals surface area contributed by atoms with Gasteiger partial charge in [0.1, 0.15) is 0 Å². The van der Waals surface area contributed by atoms with Crippen LogP contribution in [0.3, 0.4) is 0 Å². The molecule has 2 heterocycles. The summed E-state index contributed by atoms with van der Waals surface area (Å²) in [4.78, 5) is 4.13. The van der Waals surface area contributed by atoms with Crippen LogP contribution in [-0.4, -0.2) is 23.7 Å². The molecule has 102 valence electrons. The van der Waals surface area contributed by atoms with E-state index < -0.39 is 0 Å². The monoisotopic (exact) mass is 281 g/mol. The fraction of sp³-hybridized carbons (Fsp3) is 0.333. The fourth-order valence-electron chi connectivity index (χ4n) is 3.40. The third-order valence-electron chi connectivity index (χ3n) is 4.49. The quantitative estimate of drug-likeness (QED) is 0.820. The van der Waals surface area contributed by atoms with Crippen LogP contribution >= 0.6 is 11.8 Å². The molecule has 0 N–H and O–H groups in total. The highest BCUT2D eigenvalue weighted by atomic mass is 32.2. The second-order valence-electron chi connectivity index (χ2n) is 5.80. The second kappa shape index (κ2) is 5.27. The summed E-state index contributed by atoms with van der Waals surface area (Å²) in [7, 11) is 0. The first-order chi connectivity index (χ1) is 9.90. The lowest BCUT2D eigenvalue weighted by molar-refractivity contribution is 0.243. The molecule has 2 aromatic carbocycles. The smallest absolute Gasteiger partial charge is 0.0236 e. The Bertz CT molecular complexity index is 622. The molecule has 1 unspecified atom stereocenters. The molecule has 2 aliphatic rings. The molecule has 0 spiro atoms. The topological polar surface area (TPSA) is 3.24 Å². The van der Waals surface area contributed by atoms with Crippen LogP contribution in [0, 0.1) is 0 Å². The van der Waals surface area contributed by atoms with E-state index >= 15 is 0 Å². The molecule has 2 aliphatic heterocycles. The van der Waals surface area contributed by atoms with E-state index in [1.165, 1.54) is 35.7 Å². The lowest BCUT2D eigenvalue weighted by Crippen LogP contribution is -2.34. The average molecular weight is 281 g/mol. The number of thioether (sulfide) groups is 1. The minimum absolute atomic E-state index is 0.710. The fourth-order valence-corrected chi connectivity index (χ4v) is 4.64. The minimum atomic E-state index is 0.710. The van der Waals surface area contributed by atoms with Crippen LogP contribution < -0.4 is 0 Å². The highest BCUT2D eigenvalue weighted by Crippen LogP contribution is 2.40. The third kappa shape index (κ3) is 2.27. The number of benzene rings is 2. The van der Waals surface area contributed by atoms with E-state index in [0.717, 1.165) is 6.54 Å². The number of rotatable bonds is 2. The summed E-state index contributed by atoms with van der Waals surface area (Å²) in [5, 5.41) is 0. The first-order valence-electron chi connectivity index (χ1n) is 7.41. The number of fused-ring (bicyclic) bond motifs is 2. The maximum absolute atomic E-state index is 2.63. The van der Waals surface area contributed by atoms with E-state index in [4.69, 9.17) is 0 Å². The molecule has 0 saturated carbocycles. The van der Waals surface area contributed by atoms with Gasteiger partial charge >= 0.3 is 0 Å². The highest BCUT2D eigenvalue weighted by molar-refractivity contribution is 7.99. The summed E-state index contributed by atoms with van der Waals surface area (Å²) in [5.41, 5.74) is 4.64. The van der Waals surface area contributed by atoms with Crippen LogP contribution in [-0.2, 0) is 13.0 Å². The Labute approximate surface area is 125 Å². The molecule has 2 aromatic rings. The molecule has 0 radical (unpaired) electrons. The van der Waals surface area contributed by atoms with Gasteiger partial charge in [-0.15, -0.1) is 11.8 Å². The van der Waals surface area contributed by atoms with Crippen LogP contribution in [0.4, 0.5) is 0 Å². The molecule has 4 rings (SSSR count). The van der Waals surface area contributed by atoms with Crippen LogP contribution in [0.1, 0.15) is 22.6 Å². The SMILES string of the molecule is c1ccc2c(c1)CCN(CC1CSc3ccccc31)C2. The van der Waals surface area contributed by atoms with Crippen LogP contribution in [0.5, 0.6) is 0 Å². The molecule has 0 saturated heterocycles. The Kier molecular flexibility index (Phi) is 3.29. The van der Waals surface area contributed by atoms with Crippen LogP contribution in [0.2, 0.25) is 0 Å². The molecular weight excluding hydrogens is 262 g/mol. The van der Waals surface area contributed by atoms with E-state index in [2.05, 4.69) is 53.4 Å². The zero-order chi connectivity index (χ0) is 13.4. The summed E-state index contributed by atoms with van der Waals surface area (Å²) < 4.78 is 0. The van der Waals surface area contributed by atoms with Crippen molar-refractivity contribution in [3.8, 4) is 0 Å². The molecule has 2 heteroatoms. The van der Waals surface area contributed by atoms with Crippen molar-refractivity contribution in [1.82, 2.24) is 4.90 Å². The Morgan fingerprint density at radius 2 is 1.80 bits per heavy atom. The Hall–Kier alpha value is -1.25. The van der Waals surface area contributed by atoms with Crippen molar-refractivity contribution in [1.29, 1.82) is 0 Å². The summed E-state index contributed by atoms with van der Waals surface area (Å²) in [6.45, 7) is 3.54. The van der Waals surface area contributed by atoms with Gasteiger partial charge in [-0.05, 0) is 29.2 Å². The van der Waals surface area contributed by atoms with E-state index in [1.54, 1.807) is 11.1 Å². The molecule has 20 heavy (non-hydrogen) atoms. The van der Waals surface area contributed by atoms with E-state index in [1.807, 2.05) is 11.8 Å². The van der Waals surface area contributed by atoms with Crippen molar-refractivity contribution in [2.75, 3.05) is 18.8 Å². The minimum Gasteiger partial charge on any atom is -0.298 e. The molecule has 0 aliphatic carbocycles. The average Bonchev–Trinajstić information content (AvgIpc) is 2.91. The maximum Gasteiger partial charge on any atom is 0.0236 e. The largest absolute Gasteiger partial charge is 0.298 e. The van der Waals surface area contributed by atoms with E-state index in [0.29, 0.717) is 5.92 Å². The van der Waals surface area contributed by atoms with Gasteiger partial charge in [-0.1, -0.05) is 42.5 Å². The number of hydrogen-bond donors (Lipinski definition) is 0. The van der Waals surface area contributed by atoms with Crippen LogP contribution in [0.15, 0.2) is 53.4 Å². The van der Waals surface area contributed by atoms with Crippen molar-refractivity contribution in [3.05, 3.63) is 65.2 Å². The Morgan fingerprint density at radius 1 is 1.00 bits per heavy atom. The number of hydrogen-bond acceptors (Lipinski definition) is 2. The second-order valence-corrected chi connectivity index (χ2v) is 6.86. The molecule has 1 nitrogen and oxygen atoms in total. The third-order valence-corrected chi connectivity index (χ3v) is 5.74. The van der Waals surface area contributed by atoms with Crippen molar-refractivity contribution in [3.63, 3.8) is 0 Å². The van der Waals surface area contributed by atoms with Crippen molar-refractivity contribution >= 4 is 11.8 Å². The van der Waals surface area contributed by atoms with Gasteiger partial charge in [0.25, 0.3) is 0 Å². The zero-order valence-corrected chi connectivity index (χ0v) is 12.4. The van der Waals surface area contributed by atoms with Crippen molar-refractivity contribution in [2.24, 2.45) is 0 Å². The lowest BCUT2D eigenvalue weighted by atomic mass is 9.96. The van der Waals surface area contributed by atoms with Crippen molar-refractivity contribution < 1.29 is 0 Å². The Morgan fingerprint density at radius 3 is 2.75 bits per heavy atom. The molecule has 1 atom stereocenters. The predicted molar refractivity (Wildman–Crippen MR) is 85.3 cm³/mol. The van der Waals surface area contributed by atoms with Crippen LogP contribution in [0.25, 0.3) is 0 Å². The summed E-state index contributed by atoms with van der Waals surface area (Å²) >= 11 is 2.02. The molecule has 0 amide bonds. The van der Waals surface area contributed by atoms with Crippen molar-refractivity contribution in [2.45, 2.75) is 23.8 Å². The van der Waals surface area contributed by atoms with E-state index in [-0.39, 0.29) is 0 Å². The molecule has 0 aromatic heterocycles. The zero-order valence-electron chi connectivity index (χ0n) is 11.6.